The van der Waals surface area contributed by atoms with Crippen LogP contribution in [0.4, 0.5) is 24.8 Å². The zero-order chi connectivity index (χ0) is 13.9. The molecule has 0 aliphatic rings. The van der Waals surface area contributed by atoms with E-state index in [0.717, 1.165) is 4.90 Å². The van der Waals surface area contributed by atoms with E-state index in [9.17, 15) is 13.2 Å². The van der Waals surface area contributed by atoms with Crippen LogP contribution in [-0.2, 0) is 0 Å². The molecule has 7 heteroatoms. The van der Waals surface area contributed by atoms with Gasteiger partial charge in [-0.3, -0.25) is 0 Å². The van der Waals surface area contributed by atoms with Crippen molar-refractivity contribution in [3.8, 4) is 0 Å². The van der Waals surface area contributed by atoms with Gasteiger partial charge in [0.2, 0.25) is 0 Å². The van der Waals surface area contributed by atoms with Crippen LogP contribution in [-0.4, -0.2) is 36.3 Å². The molecular formula is C11H17F3N4. The van der Waals surface area contributed by atoms with Crippen molar-refractivity contribution in [2.75, 3.05) is 30.4 Å². The number of nitrogens with one attached hydrogen (secondary N) is 1. The molecule has 0 bridgehead atoms. The smallest absolute Gasteiger partial charge is 0.370 e. The Labute approximate surface area is 104 Å². The molecule has 1 rings (SSSR count). The fraction of sp³-hybridized carbons (Fsp3) is 0.636. The van der Waals surface area contributed by atoms with Gasteiger partial charge in [0.25, 0.3) is 0 Å². The van der Waals surface area contributed by atoms with E-state index in [1.165, 1.54) is 7.05 Å². The molecule has 0 atom stereocenters. The number of hydrogen-bond donors (Lipinski definition) is 1. The number of nitrogens with zero attached hydrogens (tertiary/aromatic N) is 3. The zero-order valence-electron chi connectivity index (χ0n) is 10.9. The molecule has 0 saturated heterocycles. The van der Waals surface area contributed by atoms with Crippen LogP contribution in [0.15, 0.2) is 0 Å². The van der Waals surface area contributed by atoms with Crippen LogP contribution < -0.4 is 10.2 Å². The molecule has 0 unspecified atom stereocenters. The predicted octanol–water partition coefficient (Wildman–Crippen LogP) is 2.52. The lowest BCUT2D eigenvalue weighted by Crippen LogP contribution is -2.32. The van der Waals surface area contributed by atoms with Gasteiger partial charge in [-0.25, -0.2) is 9.97 Å². The second kappa shape index (κ2) is 5.41. The number of aromatic nitrogens is 2. The Morgan fingerprint density at radius 3 is 2.33 bits per heavy atom. The van der Waals surface area contributed by atoms with Crippen molar-refractivity contribution in [3.05, 3.63) is 11.4 Å². The molecule has 1 heterocycles. The maximum atomic E-state index is 12.4. The average molecular weight is 262 g/mol. The second-order valence-electron chi connectivity index (χ2n) is 4.07. The molecule has 0 radical (unpaired) electrons. The lowest BCUT2D eigenvalue weighted by atomic mass is 10.2. The van der Waals surface area contributed by atoms with Gasteiger partial charge in [0, 0.05) is 19.2 Å². The summed E-state index contributed by atoms with van der Waals surface area (Å²) >= 11 is 0. The highest BCUT2D eigenvalue weighted by Crippen LogP contribution is 2.25. The van der Waals surface area contributed by atoms with Crippen LogP contribution in [0.3, 0.4) is 0 Å². The van der Waals surface area contributed by atoms with Crippen LogP contribution in [0.25, 0.3) is 0 Å². The van der Waals surface area contributed by atoms with Crippen LogP contribution >= 0.6 is 0 Å². The number of halogens is 3. The minimum absolute atomic E-state index is 0.302. The number of alkyl halides is 3. The van der Waals surface area contributed by atoms with Crippen LogP contribution in [0.5, 0.6) is 0 Å². The summed E-state index contributed by atoms with van der Waals surface area (Å²) in [5.41, 5.74) is 0.620. The third kappa shape index (κ3) is 3.75. The first-order valence-corrected chi connectivity index (χ1v) is 5.61. The van der Waals surface area contributed by atoms with Crippen LogP contribution in [0.2, 0.25) is 0 Å². The summed E-state index contributed by atoms with van der Waals surface area (Å²) < 4.78 is 37.1. The molecule has 0 aromatic carbocycles. The van der Waals surface area contributed by atoms with Gasteiger partial charge in [0.1, 0.15) is 24.0 Å². The first-order valence-electron chi connectivity index (χ1n) is 5.61. The number of anilines is 2. The van der Waals surface area contributed by atoms with Crippen molar-refractivity contribution in [3.63, 3.8) is 0 Å². The molecule has 18 heavy (non-hydrogen) atoms. The highest BCUT2D eigenvalue weighted by Gasteiger charge is 2.30. The van der Waals surface area contributed by atoms with Crippen molar-refractivity contribution in [2.24, 2.45) is 0 Å². The summed E-state index contributed by atoms with van der Waals surface area (Å²) in [5.74, 6) is 1.32. The third-order valence-corrected chi connectivity index (χ3v) is 2.35. The molecule has 1 aromatic heterocycles. The van der Waals surface area contributed by atoms with E-state index in [4.69, 9.17) is 0 Å². The number of hydrogen-bond acceptors (Lipinski definition) is 4. The molecule has 0 aliphatic carbocycles. The number of aryl methyl sites for hydroxylation is 1. The Morgan fingerprint density at radius 2 is 1.83 bits per heavy atom. The minimum atomic E-state index is -4.25. The van der Waals surface area contributed by atoms with E-state index in [1.54, 1.807) is 13.8 Å². The van der Waals surface area contributed by atoms with Gasteiger partial charge in [-0.15, -0.1) is 0 Å². The van der Waals surface area contributed by atoms with Crippen molar-refractivity contribution >= 4 is 11.6 Å². The van der Waals surface area contributed by atoms with Gasteiger partial charge < -0.3 is 10.2 Å². The summed E-state index contributed by atoms with van der Waals surface area (Å²) in [7, 11) is 1.37. The molecule has 1 aromatic rings. The van der Waals surface area contributed by atoms with Gasteiger partial charge >= 0.3 is 6.18 Å². The average Bonchev–Trinajstić information content (AvgIpc) is 2.20. The van der Waals surface area contributed by atoms with Gasteiger partial charge in [0.05, 0.1) is 0 Å². The topological polar surface area (TPSA) is 41.1 Å². The summed E-state index contributed by atoms with van der Waals surface area (Å²) in [5, 5.41) is 3.02. The third-order valence-electron chi connectivity index (χ3n) is 2.35. The standard InChI is InChI=1S/C11H17F3N4/c1-5-15-9-7(2)10(17-8(3)16-9)18(4)6-11(12,13)14/h5-6H2,1-4H3,(H,15,16,17). The molecule has 102 valence electrons. The molecule has 0 saturated carbocycles. The SMILES string of the molecule is CCNc1nc(C)nc(N(C)CC(F)(F)F)c1C. The summed E-state index contributed by atoms with van der Waals surface area (Å²) in [4.78, 5) is 9.33. The van der Waals surface area contributed by atoms with E-state index in [2.05, 4.69) is 15.3 Å². The predicted molar refractivity (Wildman–Crippen MR) is 65.0 cm³/mol. The Morgan fingerprint density at radius 1 is 1.22 bits per heavy atom. The van der Waals surface area contributed by atoms with Gasteiger partial charge in [0.15, 0.2) is 0 Å². The Hall–Kier alpha value is -1.53. The monoisotopic (exact) mass is 262 g/mol. The first kappa shape index (κ1) is 14.5. The molecule has 1 N–H and O–H groups in total. The van der Waals surface area contributed by atoms with Crippen molar-refractivity contribution in [2.45, 2.75) is 26.9 Å². The first-order chi connectivity index (χ1) is 8.24. The molecule has 4 nitrogen and oxygen atoms in total. The Bertz CT molecular complexity index is 417. The maximum absolute atomic E-state index is 12.4. The van der Waals surface area contributed by atoms with Crippen molar-refractivity contribution < 1.29 is 13.2 Å². The largest absolute Gasteiger partial charge is 0.405 e. The maximum Gasteiger partial charge on any atom is 0.405 e. The zero-order valence-corrected chi connectivity index (χ0v) is 10.9. The van der Waals surface area contributed by atoms with E-state index in [1.807, 2.05) is 6.92 Å². The summed E-state index contributed by atoms with van der Waals surface area (Å²) in [6.45, 7) is 4.89. The van der Waals surface area contributed by atoms with Gasteiger partial charge in [-0.2, -0.15) is 13.2 Å². The Balaban J connectivity index is 3.08. The van der Waals surface area contributed by atoms with E-state index >= 15 is 0 Å². The number of rotatable bonds is 4. The van der Waals surface area contributed by atoms with Gasteiger partial charge in [-0.05, 0) is 20.8 Å². The van der Waals surface area contributed by atoms with E-state index in [-0.39, 0.29) is 0 Å². The van der Waals surface area contributed by atoms with Gasteiger partial charge in [-0.1, -0.05) is 0 Å². The molecule has 0 fully saturated rings. The highest BCUT2D eigenvalue weighted by atomic mass is 19.4. The van der Waals surface area contributed by atoms with Crippen LogP contribution in [0.1, 0.15) is 18.3 Å². The summed E-state index contributed by atoms with van der Waals surface area (Å²) in [6.07, 6.45) is -4.25. The van der Waals surface area contributed by atoms with E-state index in [0.29, 0.717) is 29.6 Å². The van der Waals surface area contributed by atoms with E-state index < -0.39 is 12.7 Å². The lowest BCUT2D eigenvalue weighted by Gasteiger charge is -2.23. The fourth-order valence-electron chi connectivity index (χ4n) is 1.67. The van der Waals surface area contributed by atoms with Crippen LogP contribution in [0, 0.1) is 13.8 Å². The molecule has 0 amide bonds. The normalized spacial score (nSPS) is 11.5. The molecule has 0 spiro atoms. The van der Waals surface area contributed by atoms with Crippen molar-refractivity contribution in [1.82, 2.24) is 9.97 Å². The lowest BCUT2D eigenvalue weighted by molar-refractivity contribution is -0.119. The minimum Gasteiger partial charge on any atom is -0.370 e. The molecule has 0 aliphatic heterocycles. The van der Waals surface area contributed by atoms with Crippen molar-refractivity contribution in [1.29, 1.82) is 0 Å². The summed E-state index contributed by atoms with van der Waals surface area (Å²) in [6, 6.07) is 0. The quantitative estimate of drug-likeness (QED) is 0.905. The second-order valence-corrected chi connectivity index (χ2v) is 4.07. The fourth-order valence-corrected chi connectivity index (χ4v) is 1.67. The highest BCUT2D eigenvalue weighted by molar-refractivity contribution is 5.58. The Kier molecular flexibility index (Phi) is 4.37. The molecular weight excluding hydrogens is 245 g/mol.